The van der Waals surface area contributed by atoms with Gasteiger partial charge in [-0.1, -0.05) is 154 Å². The van der Waals surface area contributed by atoms with E-state index in [4.69, 9.17) is 4.74 Å². The molecule has 0 aromatic rings. The van der Waals surface area contributed by atoms with Crippen molar-refractivity contribution in [3.8, 4) is 0 Å². The van der Waals surface area contributed by atoms with Crippen molar-refractivity contribution in [2.75, 3.05) is 0 Å². The summed E-state index contributed by atoms with van der Waals surface area (Å²) >= 11 is 0. The van der Waals surface area contributed by atoms with Crippen molar-refractivity contribution >= 4 is 5.97 Å². The summed E-state index contributed by atoms with van der Waals surface area (Å²) in [6, 6.07) is 0. The van der Waals surface area contributed by atoms with E-state index in [2.05, 4.69) is 91.0 Å². The quantitative estimate of drug-likeness (QED) is 0.0561. The number of hydrogen-bond acceptors (Lipinski definition) is 2. The second-order valence-electron chi connectivity index (χ2n) is 19.3. The van der Waals surface area contributed by atoms with Crippen LogP contribution in [0.5, 0.6) is 0 Å². The fourth-order valence-electron chi connectivity index (χ4n) is 12.2. The van der Waals surface area contributed by atoms with Crippen LogP contribution in [0.15, 0.2) is 48.1 Å². The lowest BCUT2D eigenvalue weighted by Gasteiger charge is -2.58. The van der Waals surface area contributed by atoms with Gasteiger partial charge < -0.3 is 4.74 Å². The van der Waals surface area contributed by atoms with E-state index in [0.29, 0.717) is 17.3 Å². The molecule has 2 nitrogen and oxygen atoms in total. The normalized spacial score (nSPS) is 31.2. The molecule has 3 fully saturated rings. The zero-order valence-electron chi connectivity index (χ0n) is 36.2. The fraction of sp³-hybridized carbons (Fsp3) is 0.824. The fourth-order valence-corrected chi connectivity index (χ4v) is 12.2. The molecule has 0 heterocycles. The summed E-state index contributed by atoms with van der Waals surface area (Å²) in [7, 11) is 0. The van der Waals surface area contributed by atoms with Crippen LogP contribution in [0, 0.1) is 52.3 Å². The molecule has 0 aromatic carbocycles. The molecule has 0 unspecified atom stereocenters. The average Bonchev–Trinajstić information content (AvgIpc) is 3.50. The third kappa shape index (κ3) is 12.7. The maximum absolute atomic E-state index is 12.9. The number of rotatable bonds is 24. The van der Waals surface area contributed by atoms with E-state index in [1.165, 1.54) is 109 Å². The van der Waals surface area contributed by atoms with Gasteiger partial charge in [0, 0.05) is 12.8 Å². The first-order chi connectivity index (χ1) is 25.6. The third-order valence-electron chi connectivity index (χ3n) is 15.6. The van der Waals surface area contributed by atoms with Crippen molar-refractivity contribution in [1.82, 2.24) is 0 Å². The minimum atomic E-state index is 0.0558. The van der Waals surface area contributed by atoms with Gasteiger partial charge in [0.05, 0.1) is 0 Å². The van der Waals surface area contributed by atoms with Crippen molar-refractivity contribution in [1.29, 1.82) is 0 Å². The van der Waals surface area contributed by atoms with Crippen LogP contribution in [0.2, 0.25) is 0 Å². The Morgan fingerprint density at radius 3 is 2.11 bits per heavy atom. The van der Waals surface area contributed by atoms with Crippen LogP contribution in [0.25, 0.3) is 0 Å². The zero-order chi connectivity index (χ0) is 38.1. The summed E-state index contributed by atoms with van der Waals surface area (Å²) in [5, 5.41) is 0. The molecule has 0 N–H and O–H groups in total. The number of ether oxygens (including phenoxy) is 1. The first-order valence-electron chi connectivity index (χ1n) is 23.5. The second-order valence-corrected chi connectivity index (χ2v) is 19.3. The van der Waals surface area contributed by atoms with E-state index in [1.54, 1.807) is 5.57 Å². The topological polar surface area (TPSA) is 26.3 Å². The van der Waals surface area contributed by atoms with Crippen molar-refractivity contribution < 1.29 is 9.53 Å². The van der Waals surface area contributed by atoms with Crippen molar-refractivity contribution in [3.63, 3.8) is 0 Å². The van der Waals surface area contributed by atoms with E-state index in [0.717, 1.165) is 86.4 Å². The minimum absolute atomic E-state index is 0.0558. The Kier molecular flexibility index (Phi) is 19.0. The predicted octanol–water partition coefficient (Wildman–Crippen LogP) is 15.7. The largest absolute Gasteiger partial charge is 0.462 e. The Hall–Kier alpha value is -1.57. The van der Waals surface area contributed by atoms with E-state index in [9.17, 15) is 4.79 Å². The van der Waals surface area contributed by atoms with Crippen LogP contribution in [0.4, 0.5) is 0 Å². The van der Waals surface area contributed by atoms with Crippen molar-refractivity contribution in [2.24, 2.45) is 52.3 Å². The molecular weight excluding hydrogens is 645 g/mol. The van der Waals surface area contributed by atoms with Gasteiger partial charge in [-0.3, -0.25) is 4.79 Å². The van der Waals surface area contributed by atoms with Gasteiger partial charge in [0.15, 0.2) is 0 Å². The summed E-state index contributed by atoms with van der Waals surface area (Å²) in [5.41, 5.74) is 2.50. The highest BCUT2D eigenvalue weighted by molar-refractivity contribution is 5.69. The molecule has 4 rings (SSSR count). The van der Waals surface area contributed by atoms with Crippen LogP contribution in [0.1, 0.15) is 209 Å². The molecule has 3 saturated carbocycles. The molecule has 0 bridgehead atoms. The smallest absolute Gasteiger partial charge is 0.306 e. The van der Waals surface area contributed by atoms with Gasteiger partial charge in [-0.15, -0.1) is 0 Å². The highest BCUT2D eigenvalue weighted by Gasteiger charge is 2.59. The van der Waals surface area contributed by atoms with Crippen LogP contribution in [-0.4, -0.2) is 12.1 Å². The molecule has 9 atom stereocenters. The number of fused-ring (bicyclic) bond motifs is 5. The van der Waals surface area contributed by atoms with E-state index >= 15 is 0 Å². The Balaban J connectivity index is 1.07. The highest BCUT2D eigenvalue weighted by atomic mass is 16.5. The third-order valence-corrected chi connectivity index (χ3v) is 15.6. The maximum atomic E-state index is 12.9. The van der Waals surface area contributed by atoms with Gasteiger partial charge in [-0.25, -0.2) is 0 Å². The van der Waals surface area contributed by atoms with Crippen molar-refractivity contribution in [2.45, 2.75) is 215 Å². The summed E-state index contributed by atoms with van der Waals surface area (Å²) in [6.45, 7) is 17.4. The molecule has 0 amide bonds. The van der Waals surface area contributed by atoms with Crippen LogP contribution in [-0.2, 0) is 9.53 Å². The molecule has 4 aliphatic rings. The minimum Gasteiger partial charge on any atom is -0.462 e. The lowest BCUT2D eigenvalue weighted by atomic mass is 9.47. The lowest BCUT2D eigenvalue weighted by molar-refractivity contribution is -0.151. The molecule has 0 aromatic heterocycles. The number of carbonyl (C=O) groups is 1. The van der Waals surface area contributed by atoms with Gasteiger partial charge >= 0.3 is 5.97 Å². The number of carbonyl (C=O) groups excluding carboxylic acids is 1. The monoisotopic (exact) mass is 731 g/mol. The molecule has 0 saturated heterocycles. The molecule has 4 aliphatic carbocycles. The molecule has 0 spiro atoms. The Labute approximate surface area is 329 Å². The van der Waals surface area contributed by atoms with Gasteiger partial charge in [0.2, 0.25) is 0 Å². The summed E-state index contributed by atoms with van der Waals surface area (Å²) < 4.78 is 6.16. The van der Waals surface area contributed by atoms with E-state index < -0.39 is 0 Å². The average molecular weight is 731 g/mol. The van der Waals surface area contributed by atoms with Gasteiger partial charge in [-0.2, -0.15) is 0 Å². The first-order valence-corrected chi connectivity index (χ1v) is 23.5. The molecule has 53 heavy (non-hydrogen) atoms. The summed E-state index contributed by atoms with van der Waals surface area (Å²) in [4.78, 5) is 12.9. The molecule has 2 heteroatoms. The molecular formula is C51H86O2. The Bertz CT molecular complexity index is 1170. The van der Waals surface area contributed by atoms with Crippen LogP contribution < -0.4 is 0 Å². The van der Waals surface area contributed by atoms with Crippen LogP contribution in [0.3, 0.4) is 0 Å². The van der Waals surface area contributed by atoms with Crippen LogP contribution >= 0.6 is 0 Å². The number of esters is 1. The SMILES string of the molecule is CC/C=C\C/C=C\C/C=C\CCCCCCCCCCCC(=O)O[C@H]1CC[C@@]2(C)C(=CC[C@H]3[C@@H]4CC[C@H]([C@H](C)CC[C@@H](CC)C(C)C)[C@@]4(C)CC[C@@H]32)C1. The van der Waals surface area contributed by atoms with E-state index in [1.807, 2.05) is 0 Å². The lowest BCUT2D eigenvalue weighted by Crippen LogP contribution is -2.51. The van der Waals surface area contributed by atoms with Crippen molar-refractivity contribution in [3.05, 3.63) is 48.1 Å². The first kappa shape index (κ1) is 44.1. The van der Waals surface area contributed by atoms with Gasteiger partial charge in [0.1, 0.15) is 6.10 Å². The summed E-state index contributed by atoms with van der Waals surface area (Å²) in [6.07, 6.45) is 47.5. The van der Waals surface area contributed by atoms with E-state index in [-0.39, 0.29) is 12.1 Å². The van der Waals surface area contributed by atoms with Gasteiger partial charge in [0.25, 0.3) is 0 Å². The highest BCUT2D eigenvalue weighted by Crippen LogP contribution is 2.67. The molecule has 0 aliphatic heterocycles. The Morgan fingerprint density at radius 2 is 1.43 bits per heavy atom. The summed E-state index contributed by atoms with van der Waals surface area (Å²) in [5.74, 6) is 6.13. The number of hydrogen-bond donors (Lipinski definition) is 0. The number of unbranched alkanes of at least 4 members (excludes halogenated alkanes) is 9. The number of allylic oxidation sites excluding steroid dienone is 7. The Morgan fingerprint density at radius 1 is 0.774 bits per heavy atom. The zero-order valence-corrected chi connectivity index (χ0v) is 36.2. The second kappa shape index (κ2) is 22.9. The molecule has 0 radical (unpaired) electrons. The molecule has 302 valence electrons. The standard InChI is InChI=1S/C51H86O2/c1-8-10-11-12-13-14-15-16-17-18-19-20-21-22-23-24-25-26-27-28-49(52)53-44-35-37-50(6)43(39-44)31-32-45-47-34-33-46(51(47,7)38-36-48(45)50)41(5)29-30-42(9-2)40(3)4/h10-11,13-14,16-17,31,40-42,44-48H,8-9,12,15,18-30,32-39H2,1-7H3/b11-10-,14-13-,17-16-/t41-,42-,44+,45+,46-,47+,48+,50+,51-/m1/s1. The predicted molar refractivity (Wildman–Crippen MR) is 230 cm³/mol. The van der Waals surface area contributed by atoms with Gasteiger partial charge in [-0.05, 0) is 142 Å². The maximum Gasteiger partial charge on any atom is 0.306 e.